The molecule has 0 aliphatic rings. The van der Waals surface area contributed by atoms with E-state index in [1.54, 1.807) is 7.11 Å². The second kappa shape index (κ2) is 8.64. The average Bonchev–Trinajstić information content (AvgIpc) is 2.80. The van der Waals surface area contributed by atoms with Crippen LogP contribution in [0, 0.1) is 17.0 Å². The molecule has 1 amide bonds. The maximum absolute atomic E-state index is 13.4. The van der Waals surface area contributed by atoms with Gasteiger partial charge in [-0.15, -0.1) is 0 Å². The second-order valence-electron chi connectivity index (χ2n) is 7.08. The van der Waals surface area contributed by atoms with Crippen LogP contribution >= 0.6 is 11.6 Å². The third-order valence-corrected chi connectivity index (χ3v) is 5.46. The lowest BCUT2D eigenvalue weighted by Crippen LogP contribution is -2.15. The number of fused-ring (bicyclic) bond motifs is 1. The number of para-hydroxylation sites is 1. The maximum Gasteiger partial charge on any atom is 0.271 e. The summed E-state index contributed by atoms with van der Waals surface area (Å²) in [5.41, 5.74) is 3.23. The molecule has 1 heterocycles. The van der Waals surface area contributed by atoms with Gasteiger partial charge < -0.3 is 10.1 Å². The van der Waals surface area contributed by atoms with Crippen molar-refractivity contribution in [3.8, 4) is 17.0 Å². The molecule has 0 bridgehead atoms. The highest BCUT2D eigenvalue weighted by Crippen LogP contribution is 2.32. The molecule has 8 heteroatoms. The molecule has 0 spiro atoms. The van der Waals surface area contributed by atoms with E-state index in [-0.39, 0.29) is 16.4 Å². The van der Waals surface area contributed by atoms with Crippen LogP contribution in [0.2, 0.25) is 5.02 Å². The van der Waals surface area contributed by atoms with Crippen LogP contribution in [0.3, 0.4) is 0 Å². The van der Waals surface area contributed by atoms with Crippen molar-refractivity contribution in [3.63, 3.8) is 0 Å². The van der Waals surface area contributed by atoms with Crippen molar-refractivity contribution in [2.45, 2.75) is 6.92 Å². The van der Waals surface area contributed by atoms with E-state index in [1.165, 1.54) is 18.2 Å². The summed E-state index contributed by atoms with van der Waals surface area (Å²) in [5, 5.41) is 14.7. The molecular weight excluding hydrogens is 430 g/mol. The smallest absolute Gasteiger partial charge is 0.271 e. The Bertz CT molecular complexity index is 1350. The van der Waals surface area contributed by atoms with Crippen molar-refractivity contribution in [2.75, 3.05) is 12.4 Å². The van der Waals surface area contributed by atoms with Gasteiger partial charge in [0, 0.05) is 23.1 Å². The molecule has 1 N–H and O–H groups in total. The second-order valence-corrected chi connectivity index (χ2v) is 7.49. The van der Waals surface area contributed by atoms with Crippen LogP contribution in [-0.4, -0.2) is 22.9 Å². The number of ether oxygens (including phenoxy) is 1. The van der Waals surface area contributed by atoms with Crippen molar-refractivity contribution >= 4 is 39.8 Å². The predicted molar refractivity (Wildman–Crippen MR) is 125 cm³/mol. The van der Waals surface area contributed by atoms with Crippen LogP contribution in [0.4, 0.5) is 11.4 Å². The molecule has 0 aliphatic carbocycles. The van der Waals surface area contributed by atoms with Gasteiger partial charge in [0.05, 0.1) is 39.5 Å². The number of carbonyl (C=O) groups is 1. The number of anilines is 1. The van der Waals surface area contributed by atoms with Gasteiger partial charge in [0.1, 0.15) is 5.75 Å². The van der Waals surface area contributed by atoms with E-state index >= 15 is 0 Å². The number of benzene rings is 3. The topological polar surface area (TPSA) is 94.4 Å². The minimum atomic E-state index is -0.541. The number of pyridine rings is 1. The average molecular weight is 448 g/mol. The summed E-state index contributed by atoms with van der Waals surface area (Å²) in [6, 6.07) is 18.6. The molecule has 3 aromatic carbocycles. The van der Waals surface area contributed by atoms with Gasteiger partial charge in [0.15, 0.2) is 0 Å². The van der Waals surface area contributed by atoms with Gasteiger partial charge in [-0.25, -0.2) is 4.98 Å². The number of methoxy groups -OCH3 is 1. The zero-order valence-corrected chi connectivity index (χ0v) is 18.0. The molecule has 0 aliphatic heterocycles. The molecule has 0 atom stereocenters. The Kier molecular flexibility index (Phi) is 5.75. The first-order valence-corrected chi connectivity index (χ1v) is 10.1. The fraction of sp³-hybridized carbons (Fsp3) is 0.0833. The number of nitrogens with one attached hydrogen (secondary N) is 1. The number of non-ortho nitro benzene ring substituents is 1. The number of carbonyl (C=O) groups excluding carboxylic acids is 1. The SMILES string of the molecule is COc1ccc(-c2nc3ccccc3c(C(=O)Nc3cc([N+](=O)[O-])ccc3Cl)c2C)cc1. The van der Waals surface area contributed by atoms with Crippen LogP contribution in [-0.2, 0) is 0 Å². The zero-order chi connectivity index (χ0) is 22.8. The monoisotopic (exact) mass is 447 g/mol. The minimum absolute atomic E-state index is 0.164. The Hall–Kier alpha value is -3.97. The standard InChI is InChI=1S/C24H18ClN3O4/c1-14-22(24(29)27-21-13-16(28(30)31)9-12-19(21)25)18-5-3-4-6-20(18)26-23(14)15-7-10-17(32-2)11-8-15/h3-13H,1-2H3,(H,27,29). The molecule has 0 saturated heterocycles. The molecule has 0 fully saturated rings. The summed E-state index contributed by atoms with van der Waals surface area (Å²) in [4.78, 5) is 28.7. The first-order valence-electron chi connectivity index (χ1n) is 9.68. The quantitative estimate of drug-likeness (QED) is 0.297. The van der Waals surface area contributed by atoms with Gasteiger partial charge in [0.2, 0.25) is 0 Å². The highest BCUT2D eigenvalue weighted by molar-refractivity contribution is 6.34. The number of aromatic nitrogens is 1. The van der Waals surface area contributed by atoms with E-state index in [9.17, 15) is 14.9 Å². The molecular formula is C24H18ClN3O4. The summed E-state index contributed by atoms with van der Waals surface area (Å²) in [5.74, 6) is 0.281. The Labute approximate surface area is 188 Å². The van der Waals surface area contributed by atoms with E-state index in [0.29, 0.717) is 33.5 Å². The van der Waals surface area contributed by atoms with E-state index in [0.717, 1.165) is 5.56 Å². The lowest BCUT2D eigenvalue weighted by atomic mass is 9.97. The molecule has 7 nitrogen and oxygen atoms in total. The van der Waals surface area contributed by atoms with Crippen molar-refractivity contribution in [3.05, 3.63) is 93.0 Å². The zero-order valence-electron chi connectivity index (χ0n) is 17.3. The predicted octanol–water partition coefficient (Wildman–Crippen LogP) is 6.03. The number of hydrogen-bond acceptors (Lipinski definition) is 5. The van der Waals surface area contributed by atoms with Crippen LogP contribution in [0.1, 0.15) is 15.9 Å². The molecule has 4 rings (SSSR count). The van der Waals surface area contributed by atoms with Gasteiger partial charge in [-0.3, -0.25) is 14.9 Å². The van der Waals surface area contributed by atoms with Gasteiger partial charge in [-0.05, 0) is 48.9 Å². The number of nitro benzene ring substituents is 1. The highest BCUT2D eigenvalue weighted by atomic mass is 35.5. The Morgan fingerprint density at radius 2 is 1.81 bits per heavy atom. The molecule has 0 saturated carbocycles. The number of amides is 1. The number of nitrogens with zero attached hydrogens (tertiary/aromatic N) is 2. The van der Waals surface area contributed by atoms with E-state index in [4.69, 9.17) is 21.3 Å². The summed E-state index contributed by atoms with van der Waals surface area (Å²) in [6.07, 6.45) is 0. The van der Waals surface area contributed by atoms with E-state index < -0.39 is 10.8 Å². The van der Waals surface area contributed by atoms with E-state index in [2.05, 4.69) is 5.32 Å². The van der Waals surface area contributed by atoms with Crippen LogP contribution < -0.4 is 10.1 Å². The van der Waals surface area contributed by atoms with Crippen molar-refractivity contribution in [1.29, 1.82) is 0 Å². The number of nitro groups is 1. The third-order valence-electron chi connectivity index (χ3n) is 5.14. The third kappa shape index (κ3) is 3.98. The normalized spacial score (nSPS) is 10.7. The maximum atomic E-state index is 13.4. The Morgan fingerprint density at radius 3 is 2.50 bits per heavy atom. The van der Waals surface area contributed by atoms with Gasteiger partial charge in [-0.1, -0.05) is 29.8 Å². The molecule has 0 unspecified atom stereocenters. The van der Waals surface area contributed by atoms with Gasteiger partial charge in [-0.2, -0.15) is 0 Å². The summed E-state index contributed by atoms with van der Waals surface area (Å²) < 4.78 is 5.23. The van der Waals surface area contributed by atoms with Crippen LogP contribution in [0.15, 0.2) is 66.7 Å². The van der Waals surface area contributed by atoms with Gasteiger partial charge in [0.25, 0.3) is 11.6 Å². The lowest BCUT2D eigenvalue weighted by Gasteiger charge is -2.15. The van der Waals surface area contributed by atoms with Gasteiger partial charge >= 0.3 is 0 Å². The first kappa shape index (κ1) is 21.3. The molecule has 1 aromatic heterocycles. The van der Waals surface area contributed by atoms with E-state index in [1.807, 2.05) is 55.5 Å². The number of hydrogen-bond donors (Lipinski definition) is 1. The Balaban J connectivity index is 1.84. The summed E-state index contributed by atoms with van der Waals surface area (Å²) >= 11 is 6.18. The van der Waals surface area contributed by atoms with Crippen LogP contribution in [0.25, 0.3) is 22.2 Å². The molecule has 160 valence electrons. The van der Waals surface area contributed by atoms with Crippen molar-refractivity contribution in [1.82, 2.24) is 4.98 Å². The Morgan fingerprint density at radius 1 is 1.09 bits per heavy atom. The first-order chi connectivity index (χ1) is 15.4. The number of rotatable bonds is 5. The fourth-order valence-corrected chi connectivity index (χ4v) is 3.70. The summed E-state index contributed by atoms with van der Waals surface area (Å²) in [6.45, 7) is 1.82. The largest absolute Gasteiger partial charge is 0.497 e. The lowest BCUT2D eigenvalue weighted by molar-refractivity contribution is -0.384. The molecule has 4 aromatic rings. The van der Waals surface area contributed by atoms with Crippen LogP contribution in [0.5, 0.6) is 5.75 Å². The molecule has 0 radical (unpaired) electrons. The number of halogens is 1. The van der Waals surface area contributed by atoms with Crippen molar-refractivity contribution < 1.29 is 14.5 Å². The summed E-state index contributed by atoms with van der Waals surface area (Å²) in [7, 11) is 1.59. The fourth-order valence-electron chi connectivity index (χ4n) is 3.54. The molecule has 32 heavy (non-hydrogen) atoms. The highest BCUT2D eigenvalue weighted by Gasteiger charge is 2.20. The minimum Gasteiger partial charge on any atom is -0.497 e. The van der Waals surface area contributed by atoms with Crippen molar-refractivity contribution in [2.24, 2.45) is 0 Å².